The average molecular weight is 389 g/mol. The molecule has 1 spiro atoms. The minimum atomic E-state index is -0.482. The van der Waals surface area contributed by atoms with Crippen molar-refractivity contribution in [2.24, 2.45) is 0 Å². The second-order valence-corrected chi connectivity index (χ2v) is 7.62. The molecular formula is C19H21ClN4O3. The van der Waals surface area contributed by atoms with Crippen LogP contribution >= 0.6 is 11.6 Å². The molecule has 2 aliphatic rings. The van der Waals surface area contributed by atoms with E-state index in [0.29, 0.717) is 25.8 Å². The zero-order valence-electron chi connectivity index (χ0n) is 15.0. The molecular weight excluding hydrogens is 368 g/mol. The quantitative estimate of drug-likeness (QED) is 0.828. The lowest BCUT2D eigenvalue weighted by atomic mass is 9.82. The maximum absolute atomic E-state index is 12.7. The Morgan fingerprint density at radius 3 is 3.00 bits per heavy atom. The number of aromatic nitrogens is 2. The Bertz CT molecular complexity index is 883. The molecule has 27 heavy (non-hydrogen) atoms. The van der Waals surface area contributed by atoms with E-state index >= 15 is 0 Å². The summed E-state index contributed by atoms with van der Waals surface area (Å²) in [7, 11) is 1.82. The van der Waals surface area contributed by atoms with Crippen LogP contribution in [0.15, 0.2) is 30.5 Å². The minimum Gasteiger partial charge on any atom is -0.487 e. The summed E-state index contributed by atoms with van der Waals surface area (Å²) in [5.74, 6) is 0.567. The summed E-state index contributed by atoms with van der Waals surface area (Å²) >= 11 is 6.03. The number of H-pyrrole nitrogens is 1. The second-order valence-electron chi connectivity index (χ2n) is 7.21. The molecule has 0 radical (unpaired) electrons. The first kappa shape index (κ1) is 17.9. The second kappa shape index (κ2) is 6.88. The third-order valence-corrected chi connectivity index (χ3v) is 5.73. The largest absolute Gasteiger partial charge is 0.487 e. The number of rotatable bonds is 2. The highest BCUT2D eigenvalue weighted by molar-refractivity contribution is 6.33. The average Bonchev–Trinajstić information content (AvgIpc) is 3.05. The molecule has 7 nitrogen and oxygen atoms in total. The van der Waals surface area contributed by atoms with Crippen LogP contribution in [0.5, 0.6) is 5.75 Å². The van der Waals surface area contributed by atoms with E-state index in [2.05, 4.69) is 15.5 Å². The molecule has 142 valence electrons. The van der Waals surface area contributed by atoms with Gasteiger partial charge in [-0.1, -0.05) is 29.8 Å². The molecule has 3 heterocycles. The molecule has 1 fully saturated rings. The van der Waals surface area contributed by atoms with Crippen molar-refractivity contribution in [3.63, 3.8) is 0 Å². The SMILES string of the molecule is CN1CC[C@@]2(CCC1=O)C[C@@H](NC(=O)c1[nH]ncc1Cl)c1ccccc1O2. The number of carbonyl (C=O) groups is 2. The van der Waals surface area contributed by atoms with Crippen LogP contribution in [0.25, 0.3) is 0 Å². The maximum Gasteiger partial charge on any atom is 0.271 e. The molecule has 2 N–H and O–H groups in total. The molecule has 2 aliphatic heterocycles. The van der Waals surface area contributed by atoms with Gasteiger partial charge in [0.1, 0.15) is 17.0 Å². The van der Waals surface area contributed by atoms with E-state index in [-0.39, 0.29) is 28.6 Å². The number of halogens is 1. The summed E-state index contributed by atoms with van der Waals surface area (Å²) in [6, 6.07) is 7.47. The first-order valence-corrected chi connectivity index (χ1v) is 9.37. The van der Waals surface area contributed by atoms with Crippen molar-refractivity contribution in [3.05, 3.63) is 46.7 Å². The standard InChI is InChI=1S/C19H21ClN4O3/c1-24-9-8-19(7-6-16(24)25)10-14(12-4-2-3-5-15(12)27-19)22-18(26)17-13(20)11-21-23-17/h2-5,11,14H,6-10H2,1H3,(H,21,23)(H,22,26)/t14-,19+/m1/s1. The van der Waals surface area contributed by atoms with Crippen LogP contribution in [0, 0.1) is 0 Å². The van der Waals surface area contributed by atoms with Crippen LogP contribution in [0.1, 0.15) is 47.8 Å². The molecule has 0 aliphatic carbocycles. The van der Waals surface area contributed by atoms with Crippen LogP contribution in [-0.2, 0) is 4.79 Å². The topological polar surface area (TPSA) is 87.3 Å². The van der Waals surface area contributed by atoms with Crippen molar-refractivity contribution in [3.8, 4) is 5.75 Å². The lowest BCUT2D eigenvalue weighted by molar-refractivity contribution is -0.129. The molecule has 0 bridgehead atoms. The zero-order valence-corrected chi connectivity index (χ0v) is 15.8. The van der Waals surface area contributed by atoms with Crippen molar-refractivity contribution in [1.82, 2.24) is 20.4 Å². The number of nitrogens with zero attached hydrogens (tertiary/aromatic N) is 2. The zero-order chi connectivity index (χ0) is 19.0. The number of hydrogen-bond acceptors (Lipinski definition) is 4. The Hall–Kier alpha value is -2.54. The van der Waals surface area contributed by atoms with E-state index in [1.807, 2.05) is 31.3 Å². The van der Waals surface area contributed by atoms with Crippen molar-refractivity contribution in [2.45, 2.75) is 37.3 Å². The van der Waals surface area contributed by atoms with Gasteiger partial charge >= 0.3 is 0 Å². The summed E-state index contributed by atoms with van der Waals surface area (Å²) in [6.45, 7) is 0.633. The summed E-state index contributed by atoms with van der Waals surface area (Å²) in [4.78, 5) is 26.5. The Kier molecular flexibility index (Phi) is 4.55. The summed E-state index contributed by atoms with van der Waals surface area (Å²) in [5.41, 5.74) is 0.686. The molecule has 2 aromatic rings. The van der Waals surface area contributed by atoms with E-state index in [9.17, 15) is 9.59 Å². The van der Waals surface area contributed by atoms with Gasteiger partial charge in [-0.15, -0.1) is 0 Å². The molecule has 1 saturated heterocycles. The number of ether oxygens (including phenoxy) is 1. The number of carbonyl (C=O) groups excluding carboxylic acids is 2. The van der Waals surface area contributed by atoms with Crippen LogP contribution in [0.2, 0.25) is 5.02 Å². The number of nitrogens with one attached hydrogen (secondary N) is 2. The van der Waals surface area contributed by atoms with Gasteiger partial charge in [-0.3, -0.25) is 14.7 Å². The van der Waals surface area contributed by atoms with E-state index in [0.717, 1.165) is 17.7 Å². The fourth-order valence-electron chi connectivity index (χ4n) is 3.86. The molecule has 0 unspecified atom stereocenters. The minimum absolute atomic E-state index is 0.124. The van der Waals surface area contributed by atoms with E-state index in [4.69, 9.17) is 16.3 Å². The van der Waals surface area contributed by atoms with Gasteiger partial charge in [0, 0.05) is 38.4 Å². The van der Waals surface area contributed by atoms with Crippen molar-refractivity contribution >= 4 is 23.4 Å². The monoisotopic (exact) mass is 388 g/mol. The number of para-hydroxylation sites is 1. The molecule has 2 atom stereocenters. The fraction of sp³-hybridized carbons (Fsp3) is 0.421. The Labute approximate surface area is 162 Å². The summed E-state index contributed by atoms with van der Waals surface area (Å²) in [5, 5.41) is 9.78. The summed E-state index contributed by atoms with van der Waals surface area (Å²) < 4.78 is 6.39. The molecule has 1 aromatic heterocycles. The van der Waals surface area contributed by atoms with Gasteiger partial charge < -0.3 is 15.0 Å². The Balaban J connectivity index is 1.63. The van der Waals surface area contributed by atoms with Crippen LogP contribution < -0.4 is 10.1 Å². The molecule has 2 amide bonds. The van der Waals surface area contributed by atoms with Gasteiger partial charge in [0.15, 0.2) is 0 Å². The number of hydrogen-bond donors (Lipinski definition) is 2. The lowest BCUT2D eigenvalue weighted by Gasteiger charge is -2.42. The van der Waals surface area contributed by atoms with Crippen molar-refractivity contribution < 1.29 is 14.3 Å². The highest BCUT2D eigenvalue weighted by Gasteiger charge is 2.43. The third kappa shape index (κ3) is 3.39. The van der Waals surface area contributed by atoms with Crippen molar-refractivity contribution in [2.75, 3.05) is 13.6 Å². The summed E-state index contributed by atoms with van der Waals surface area (Å²) in [6.07, 6.45) is 3.79. The Morgan fingerprint density at radius 1 is 1.41 bits per heavy atom. The Morgan fingerprint density at radius 2 is 2.22 bits per heavy atom. The van der Waals surface area contributed by atoms with Gasteiger partial charge in [-0.2, -0.15) is 5.10 Å². The highest BCUT2D eigenvalue weighted by Crippen LogP contribution is 2.44. The number of likely N-dealkylation sites (tertiary alicyclic amines) is 1. The first-order chi connectivity index (χ1) is 13.0. The van der Waals surface area contributed by atoms with E-state index in [1.54, 1.807) is 4.90 Å². The van der Waals surface area contributed by atoms with Crippen LogP contribution in [0.3, 0.4) is 0 Å². The number of aromatic amines is 1. The maximum atomic E-state index is 12.7. The number of amides is 2. The van der Waals surface area contributed by atoms with Crippen LogP contribution in [-0.4, -0.2) is 46.1 Å². The molecule has 4 rings (SSSR count). The first-order valence-electron chi connectivity index (χ1n) is 8.99. The number of benzene rings is 1. The van der Waals surface area contributed by atoms with Crippen molar-refractivity contribution in [1.29, 1.82) is 0 Å². The van der Waals surface area contributed by atoms with E-state index in [1.165, 1.54) is 6.20 Å². The predicted octanol–water partition coefficient (Wildman–Crippen LogP) is 2.70. The van der Waals surface area contributed by atoms with Gasteiger partial charge in [-0.05, 0) is 12.5 Å². The van der Waals surface area contributed by atoms with Gasteiger partial charge in [0.25, 0.3) is 5.91 Å². The lowest BCUT2D eigenvalue weighted by Crippen LogP contribution is -2.46. The van der Waals surface area contributed by atoms with Gasteiger partial charge in [0.2, 0.25) is 5.91 Å². The highest BCUT2D eigenvalue weighted by atomic mass is 35.5. The van der Waals surface area contributed by atoms with Gasteiger partial charge in [-0.25, -0.2) is 0 Å². The number of fused-ring (bicyclic) bond motifs is 1. The molecule has 8 heteroatoms. The smallest absolute Gasteiger partial charge is 0.271 e. The van der Waals surface area contributed by atoms with Gasteiger partial charge in [0.05, 0.1) is 17.3 Å². The van der Waals surface area contributed by atoms with E-state index < -0.39 is 5.60 Å². The third-order valence-electron chi connectivity index (χ3n) is 5.45. The molecule has 0 saturated carbocycles. The molecule has 1 aromatic carbocycles. The van der Waals surface area contributed by atoms with Crippen LogP contribution in [0.4, 0.5) is 0 Å². The predicted molar refractivity (Wildman–Crippen MR) is 99.7 cm³/mol. The normalized spacial score (nSPS) is 24.9. The fourth-order valence-corrected chi connectivity index (χ4v) is 4.04.